The average Bonchev–Trinajstić information content (AvgIpc) is 4.35. The topological polar surface area (TPSA) is 213 Å². The molecule has 0 aromatic carbocycles. The van der Waals surface area contributed by atoms with Crippen LogP contribution in [0.15, 0.2) is 24.3 Å². The largest absolute Gasteiger partial charge is 0.459 e. The summed E-state index contributed by atoms with van der Waals surface area (Å²) in [6.45, 7) is 18.5. The van der Waals surface area contributed by atoms with Gasteiger partial charge in [-0.1, -0.05) is 40.9 Å². The van der Waals surface area contributed by atoms with Crippen molar-refractivity contribution in [3.05, 3.63) is 24.3 Å². The van der Waals surface area contributed by atoms with Gasteiger partial charge in [0.25, 0.3) is 0 Å². The number of rotatable bonds is 4. The van der Waals surface area contributed by atoms with Crippen molar-refractivity contribution in [1.29, 1.82) is 0 Å². The van der Waals surface area contributed by atoms with E-state index < -0.39 is 47.9 Å². The SMILES string of the molecule is C=C1C[C@@H]2CCO[C@@H]3C[C@H]4COC5(C[C@H]6O[C@H](CC[C@@H]6O[C@@H]35)CC(=O)O[C@@H]3[C@@H](C)[C@@H]5O[C@@H]6C[C@]7(C[C@@H]8O[C@]9(C[C@H](C)[C@@H]%10O[C@H](CC(=O)CCO)[C@H](O)C[C@@H]%10O9)C[C@H](C)[C@@H]8O7)O[C@@H]6C[C@@H]5O[C@H]3C[C@H]3O[C@@H](CC[C@@H]1O2)C[C@@H](C)C3=C)O4. The summed E-state index contributed by atoms with van der Waals surface area (Å²) in [4.78, 5) is 26.9. The third kappa shape index (κ3) is 10.4. The van der Waals surface area contributed by atoms with Crippen LogP contribution in [-0.4, -0.2) is 193 Å². The quantitative estimate of drug-likeness (QED) is 0.253. The molecule has 11 bridgehead atoms. The molecule has 2 N–H and O–H groups in total. The highest BCUT2D eigenvalue weighted by Gasteiger charge is 2.66. The number of esters is 1. The Bertz CT molecular complexity index is 2340. The molecule has 19 nitrogen and oxygen atoms in total. The Morgan fingerprint density at radius 2 is 1.32 bits per heavy atom. The standard InChI is InChI=1S/C61H88O19/c1-29-15-36-7-9-41-30(2)16-38(68-41)12-14-66-49-18-39-28-67-61(76-39)27-51-42(74-58(49)61)10-8-37(70-51)19-53(65)75-57-34(6)56-47(71-46(57)21-43(69-36)33(29)5)22-45-50(73-56)25-60(77-45)26-52-55(80-60)32(4)24-59(79-52)23-31(3)54-48(78-59)20-40(64)44(72-54)17-35(63)11-13-62/h29,31-32,34,36-52,54-58,62,64H,2,5,7-28H2,1,3-4,6H3/t29-,31+,32+,34+,36+,37-,38+,39+,40-,41+,42+,43-,44-,45-,46+,47+,48+,49-,50-,51-,52+,54+,55+,56+,57-,58+,59-,60+,61?/m1/s1. The third-order valence-electron chi connectivity index (χ3n) is 21.4. The Labute approximate surface area is 470 Å². The first-order chi connectivity index (χ1) is 38.5. The van der Waals surface area contributed by atoms with Crippen LogP contribution in [0, 0.1) is 23.7 Å². The number of ether oxygens (including phenoxy) is 15. The molecule has 3 spiro atoms. The fraction of sp³-hybridized carbons (Fsp3) is 0.902. The number of ketones is 1. The molecule has 16 heterocycles. The molecule has 1 unspecified atom stereocenters. The fourth-order valence-electron chi connectivity index (χ4n) is 17.6. The minimum Gasteiger partial charge on any atom is -0.459 e. The molecule has 80 heavy (non-hydrogen) atoms. The van der Waals surface area contributed by atoms with Crippen molar-refractivity contribution in [2.45, 2.75) is 301 Å². The average molecular weight is 1130 g/mol. The number of aliphatic hydroxyl groups excluding tert-OH is 2. The molecular formula is C61H88O19. The van der Waals surface area contributed by atoms with Crippen LogP contribution in [0.2, 0.25) is 0 Å². The lowest BCUT2D eigenvalue weighted by Crippen LogP contribution is -2.65. The van der Waals surface area contributed by atoms with Crippen LogP contribution >= 0.6 is 0 Å². The van der Waals surface area contributed by atoms with Crippen molar-refractivity contribution in [3.8, 4) is 0 Å². The van der Waals surface area contributed by atoms with Crippen molar-refractivity contribution >= 4 is 11.8 Å². The summed E-state index contributed by atoms with van der Waals surface area (Å²) < 4.78 is 102. The predicted molar refractivity (Wildman–Crippen MR) is 280 cm³/mol. The fourth-order valence-corrected chi connectivity index (χ4v) is 17.6. The molecule has 0 aromatic heterocycles. The lowest BCUT2D eigenvalue weighted by Gasteiger charge is -2.54. The normalized spacial score (nSPS) is 54.8. The minimum absolute atomic E-state index is 0.0209. The van der Waals surface area contributed by atoms with E-state index in [4.69, 9.17) is 71.1 Å². The molecule has 16 aliphatic heterocycles. The molecule has 16 fully saturated rings. The number of carbonyl (C=O) groups excluding carboxylic acids is 2. The van der Waals surface area contributed by atoms with Crippen LogP contribution in [0.3, 0.4) is 0 Å². The summed E-state index contributed by atoms with van der Waals surface area (Å²) in [5.41, 5.74) is 2.14. The van der Waals surface area contributed by atoms with Crippen LogP contribution in [-0.2, 0) is 80.6 Å². The highest BCUT2D eigenvalue weighted by Crippen LogP contribution is 2.56. The Kier molecular flexibility index (Phi) is 15.2. The predicted octanol–water partition coefficient (Wildman–Crippen LogP) is 5.77. The van der Waals surface area contributed by atoms with Crippen LogP contribution in [0.5, 0.6) is 0 Å². The number of hydrogen-bond acceptors (Lipinski definition) is 19. The van der Waals surface area contributed by atoms with Gasteiger partial charge in [0.05, 0.1) is 135 Å². The number of Topliss-reactive ketones (excluding diaryl/α,β-unsaturated/α-hetero) is 1. The van der Waals surface area contributed by atoms with Crippen molar-refractivity contribution < 1.29 is 90.9 Å². The molecule has 0 radical (unpaired) electrons. The first-order valence-electron chi connectivity index (χ1n) is 31.1. The Morgan fingerprint density at radius 1 is 0.588 bits per heavy atom. The van der Waals surface area contributed by atoms with E-state index in [9.17, 15) is 19.8 Å². The molecule has 16 aliphatic rings. The molecule has 0 saturated carbocycles. The van der Waals surface area contributed by atoms with E-state index in [-0.39, 0.29) is 165 Å². The molecular weight excluding hydrogens is 1040 g/mol. The monoisotopic (exact) mass is 1120 g/mol. The van der Waals surface area contributed by atoms with Crippen LogP contribution in [0.25, 0.3) is 0 Å². The van der Waals surface area contributed by atoms with Crippen molar-refractivity contribution in [3.63, 3.8) is 0 Å². The highest BCUT2D eigenvalue weighted by molar-refractivity contribution is 5.79. The maximum atomic E-state index is 14.5. The van der Waals surface area contributed by atoms with Crippen LogP contribution in [0.4, 0.5) is 0 Å². The van der Waals surface area contributed by atoms with Crippen molar-refractivity contribution in [2.24, 2.45) is 23.7 Å². The molecule has 29 atom stereocenters. The molecule has 16 rings (SSSR count). The highest BCUT2D eigenvalue weighted by atomic mass is 16.8. The molecule has 0 aliphatic carbocycles. The van der Waals surface area contributed by atoms with E-state index >= 15 is 0 Å². The molecule has 19 heteroatoms. The summed E-state index contributed by atoms with van der Waals surface area (Å²) in [5, 5.41) is 20.4. The maximum absolute atomic E-state index is 14.5. The van der Waals surface area contributed by atoms with E-state index in [1.54, 1.807) is 0 Å². The zero-order chi connectivity index (χ0) is 55.0. The molecule has 446 valence electrons. The number of aliphatic hydroxyl groups is 2. The Balaban J connectivity index is 0.673. The van der Waals surface area contributed by atoms with Crippen molar-refractivity contribution in [2.75, 3.05) is 19.8 Å². The van der Waals surface area contributed by atoms with E-state index in [1.165, 1.54) is 0 Å². The number of hydrogen-bond donors (Lipinski definition) is 2. The van der Waals surface area contributed by atoms with E-state index in [1.807, 2.05) is 0 Å². The van der Waals surface area contributed by atoms with Gasteiger partial charge in [-0.25, -0.2) is 0 Å². The van der Waals surface area contributed by atoms with Gasteiger partial charge in [-0.05, 0) is 73.8 Å². The van der Waals surface area contributed by atoms with Gasteiger partial charge in [-0.15, -0.1) is 0 Å². The lowest BCUT2D eigenvalue weighted by molar-refractivity contribution is -0.371. The molecule has 16 saturated heterocycles. The summed E-state index contributed by atoms with van der Waals surface area (Å²) >= 11 is 0. The second kappa shape index (κ2) is 21.7. The second-order valence-corrected chi connectivity index (χ2v) is 27.3. The zero-order valence-electron chi connectivity index (χ0n) is 47.3. The van der Waals surface area contributed by atoms with Crippen LogP contribution in [0.1, 0.15) is 150 Å². The first-order valence-corrected chi connectivity index (χ1v) is 31.1. The van der Waals surface area contributed by atoms with E-state index in [2.05, 4.69) is 40.9 Å². The van der Waals surface area contributed by atoms with Gasteiger partial charge < -0.3 is 81.3 Å². The lowest BCUT2D eigenvalue weighted by atomic mass is 9.78. The molecule has 0 amide bonds. The zero-order valence-corrected chi connectivity index (χ0v) is 47.3. The van der Waals surface area contributed by atoms with Gasteiger partial charge in [-0.3, -0.25) is 9.59 Å². The summed E-state index contributed by atoms with van der Waals surface area (Å²) in [6, 6.07) is 0. The third-order valence-corrected chi connectivity index (χ3v) is 21.4. The summed E-state index contributed by atoms with van der Waals surface area (Å²) in [5.74, 6) is -3.17. The number of fused-ring (bicyclic) bond motifs is 6. The molecule has 0 aromatic rings. The summed E-state index contributed by atoms with van der Waals surface area (Å²) in [6.07, 6.45) is 3.35. The number of carbonyl (C=O) groups is 2. The second-order valence-electron chi connectivity index (χ2n) is 27.3. The van der Waals surface area contributed by atoms with Gasteiger partial charge in [0.1, 0.15) is 18.0 Å². The van der Waals surface area contributed by atoms with E-state index in [0.29, 0.717) is 77.4 Å². The Hall–Kier alpha value is -2.02. The summed E-state index contributed by atoms with van der Waals surface area (Å²) in [7, 11) is 0. The van der Waals surface area contributed by atoms with Gasteiger partial charge in [0.15, 0.2) is 17.4 Å². The van der Waals surface area contributed by atoms with Crippen LogP contribution < -0.4 is 0 Å². The first kappa shape index (κ1) is 55.8. The maximum Gasteiger partial charge on any atom is 0.308 e. The van der Waals surface area contributed by atoms with Gasteiger partial charge >= 0.3 is 5.97 Å². The van der Waals surface area contributed by atoms with E-state index in [0.717, 1.165) is 49.7 Å². The van der Waals surface area contributed by atoms with Gasteiger partial charge in [0, 0.05) is 89.8 Å². The minimum atomic E-state index is -0.961. The Morgan fingerprint density at radius 3 is 2.17 bits per heavy atom. The smallest absolute Gasteiger partial charge is 0.308 e. The van der Waals surface area contributed by atoms with Gasteiger partial charge in [0.2, 0.25) is 0 Å². The van der Waals surface area contributed by atoms with Crippen molar-refractivity contribution in [1.82, 2.24) is 0 Å². The van der Waals surface area contributed by atoms with Gasteiger partial charge in [-0.2, -0.15) is 0 Å².